The van der Waals surface area contributed by atoms with Gasteiger partial charge in [0.25, 0.3) is 0 Å². The Labute approximate surface area is 128 Å². The molecule has 1 heterocycles. The molecule has 0 aliphatic carbocycles. The molecule has 0 unspecified atom stereocenters. The maximum atomic E-state index is 4.30. The number of para-hydroxylation sites is 1. The largest absolute Gasteiger partial charge is 0.372 e. The van der Waals surface area contributed by atoms with Crippen molar-refractivity contribution < 1.29 is 0 Å². The Morgan fingerprint density at radius 2 is 1.70 bits per heavy atom. The first-order valence-electron chi connectivity index (χ1n) is 6.48. The maximum absolute atomic E-state index is 4.30. The molecular weight excluding hydrogens is 316 g/mol. The third-order valence-corrected chi connectivity index (χ3v) is 3.77. The van der Waals surface area contributed by atoms with Gasteiger partial charge in [0.1, 0.15) is 22.4 Å². The monoisotopic (exact) mass is 334 g/mol. The lowest BCUT2D eigenvalue weighted by atomic mass is 9.86. The van der Waals surface area contributed by atoms with Crippen molar-refractivity contribution in [1.82, 2.24) is 9.97 Å². The van der Waals surface area contributed by atoms with Crippen molar-refractivity contribution >= 4 is 33.3 Å². The molecule has 0 amide bonds. The smallest absolute Gasteiger partial charge is 0.150 e. The van der Waals surface area contributed by atoms with Gasteiger partial charge in [-0.1, -0.05) is 39.0 Å². The van der Waals surface area contributed by atoms with Gasteiger partial charge in [-0.2, -0.15) is 0 Å². The van der Waals surface area contributed by atoms with Gasteiger partial charge in [-0.3, -0.25) is 0 Å². The van der Waals surface area contributed by atoms with E-state index in [1.165, 1.54) is 5.56 Å². The lowest BCUT2D eigenvalue weighted by Crippen LogP contribution is -2.14. The predicted molar refractivity (Wildman–Crippen MR) is 87.7 cm³/mol. The Bertz CT molecular complexity index is 605. The zero-order valence-electron chi connectivity index (χ0n) is 12.2. The molecule has 2 aromatic rings. The van der Waals surface area contributed by atoms with E-state index in [1.807, 2.05) is 13.1 Å². The van der Waals surface area contributed by atoms with Crippen LogP contribution in [0.1, 0.15) is 26.3 Å². The molecule has 0 aliphatic rings. The highest BCUT2D eigenvalue weighted by molar-refractivity contribution is 9.10. The van der Waals surface area contributed by atoms with Crippen molar-refractivity contribution in [3.63, 3.8) is 0 Å². The molecular formula is C15H19BrN4. The van der Waals surface area contributed by atoms with E-state index in [4.69, 9.17) is 0 Å². The van der Waals surface area contributed by atoms with E-state index in [2.05, 4.69) is 75.5 Å². The van der Waals surface area contributed by atoms with Gasteiger partial charge in [0.15, 0.2) is 0 Å². The summed E-state index contributed by atoms with van der Waals surface area (Å²) in [6, 6.07) is 8.27. The Balaban J connectivity index is 2.41. The van der Waals surface area contributed by atoms with Crippen molar-refractivity contribution in [2.45, 2.75) is 26.2 Å². The second-order valence-electron chi connectivity index (χ2n) is 5.56. The third-order valence-electron chi connectivity index (χ3n) is 3.01. The van der Waals surface area contributed by atoms with E-state index in [0.29, 0.717) is 0 Å². The Hall–Kier alpha value is -1.62. The highest BCUT2D eigenvalue weighted by Crippen LogP contribution is 2.34. The number of anilines is 3. The number of halogens is 1. The number of nitrogens with zero attached hydrogens (tertiary/aromatic N) is 2. The van der Waals surface area contributed by atoms with Crippen LogP contribution in [0.4, 0.5) is 17.3 Å². The average molecular weight is 335 g/mol. The molecule has 0 bridgehead atoms. The molecule has 2 N–H and O–H groups in total. The average Bonchev–Trinajstić information content (AvgIpc) is 2.40. The van der Waals surface area contributed by atoms with Crippen molar-refractivity contribution in [2.75, 3.05) is 17.7 Å². The van der Waals surface area contributed by atoms with Crippen LogP contribution in [0, 0.1) is 0 Å². The fraction of sp³-hybridized carbons (Fsp3) is 0.333. The first-order chi connectivity index (χ1) is 9.43. The summed E-state index contributed by atoms with van der Waals surface area (Å²) in [5.74, 6) is 1.51. The molecule has 0 aliphatic heterocycles. The van der Waals surface area contributed by atoms with E-state index in [1.54, 1.807) is 6.33 Å². The van der Waals surface area contributed by atoms with Crippen LogP contribution >= 0.6 is 15.9 Å². The van der Waals surface area contributed by atoms with Gasteiger partial charge >= 0.3 is 0 Å². The summed E-state index contributed by atoms with van der Waals surface area (Å²) in [6.07, 6.45) is 1.54. The van der Waals surface area contributed by atoms with Crippen LogP contribution < -0.4 is 10.6 Å². The summed E-state index contributed by atoms with van der Waals surface area (Å²) >= 11 is 3.52. The number of hydrogen-bond donors (Lipinski definition) is 2. The fourth-order valence-electron chi connectivity index (χ4n) is 2.00. The summed E-state index contributed by atoms with van der Waals surface area (Å²) < 4.78 is 0.825. The molecule has 4 nitrogen and oxygen atoms in total. The summed E-state index contributed by atoms with van der Waals surface area (Å²) in [5, 5.41) is 6.41. The van der Waals surface area contributed by atoms with Crippen molar-refractivity contribution in [2.24, 2.45) is 0 Å². The molecule has 106 valence electrons. The molecule has 2 rings (SSSR count). The van der Waals surface area contributed by atoms with Gasteiger partial charge in [0, 0.05) is 12.7 Å². The fourth-order valence-corrected chi connectivity index (χ4v) is 2.51. The van der Waals surface area contributed by atoms with Gasteiger partial charge < -0.3 is 10.6 Å². The lowest BCUT2D eigenvalue weighted by Gasteiger charge is -2.23. The zero-order valence-corrected chi connectivity index (χ0v) is 13.7. The van der Waals surface area contributed by atoms with Gasteiger partial charge in [0.2, 0.25) is 0 Å². The van der Waals surface area contributed by atoms with Crippen LogP contribution in [0.15, 0.2) is 35.1 Å². The molecule has 1 aromatic heterocycles. The number of hydrogen-bond acceptors (Lipinski definition) is 4. The van der Waals surface area contributed by atoms with Gasteiger partial charge in [-0.05, 0) is 33.0 Å². The van der Waals surface area contributed by atoms with Crippen LogP contribution in [-0.2, 0) is 5.41 Å². The Morgan fingerprint density at radius 3 is 2.35 bits per heavy atom. The minimum Gasteiger partial charge on any atom is -0.372 e. The molecule has 0 radical (unpaired) electrons. The lowest BCUT2D eigenvalue weighted by molar-refractivity contribution is 0.592. The summed E-state index contributed by atoms with van der Waals surface area (Å²) in [4.78, 5) is 8.46. The van der Waals surface area contributed by atoms with Gasteiger partial charge in [0.05, 0.1) is 0 Å². The highest BCUT2D eigenvalue weighted by atomic mass is 79.9. The molecule has 5 heteroatoms. The number of benzene rings is 1. The number of nitrogens with one attached hydrogen (secondary N) is 2. The Kier molecular flexibility index (Phi) is 4.28. The second kappa shape index (κ2) is 5.79. The minimum absolute atomic E-state index is 0.0644. The summed E-state index contributed by atoms with van der Waals surface area (Å²) in [7, 11) is 1.83. The minimum atomic E-state index is 0.0644. The van der Waals surface area contributed by atoms with E-state index in [-0.39, 0.29) is 5.41 Å². The predicted octanol–water partition coefficient (Wildman–Crippen LogP) is 4.32. The van der Waals surface area contributed by atoms with E-state index >= 15 is 0 Å². The molecule has 0 saturated carbocycles. The van der Waals surface area contributed by atoms with Crippen LogP contribution in [0.2, 0.25) is 0 Å². The number of rotatable bonds is 3. The molecule has 0 atom stereocenters. The van der Waals surface area contributed by atoms with Gasteiger partial charge in [-0.15, -0.1) is 0 Å². The number of aromatic nitrogens is 2. The quantitative estimate of drug-likeness (QED) is 0.877. The third kappa shape index (κ3) is 3.10. The SMILES string of the molecule is CNc1ncnc(Nc2ccccc2C(C)(C)C)c1Br. The normalized spacial score (nSPS) is 11.2. The van der Waals surface area contributed by atoms with Crippen LogP contribution in [0.5, 0.6) is 0 Å². The van der Waals surface area contributed by atoms with Crippen molar-refractivity contribution in [3.8, 4) is 0 Å². The summed E-state index contributed by atoms with van der Waals surface area (Å²) in [6.45, 7) is 6.59. The van der Waals surface area contributed by atoms with E-state index < -0.39 is 0 Å². The van der Waals surface area contributed by atoms with Crippen molar-refractivity contribution in [1.29, 1.82) is 0 Å². The molecule has 20 heavy (non-hydrogen) atoms. The zero-order chi connectivity index (χ0) is 14.8. The molecule has 0 spiro atoms. The van der Waals surface area contributed by atoms with Crippen LogP contribution in [0.25, 0.3) is 0 Å². The topological polar surface area (TPSA) is 49.8 Å². The maximum Gasteiger partial charge on any atom is 0.150 e. The van der Waals surface area contributed by atoms with Crippen molar-refractivity contribution in [3.05, 3.63) is 40.6 Å². The Morgan fingerprint density at radius 1 is 1.05 bits per heavy atom. The second-order valence-corrected chi connectivity index (χ2v) is 6.35. The first-order valence-corrected chi connectivity index (χ1v) is 7.27. The standard InChI is InChI=1S/C15H19BrN4/c1-15(2,3)10-7-5-6-8-11(10)20-14-12(16)13(17-4)18-9-19-14/h5-9H,1-4H3,(H2,17,18,19,20). The van der Waals surface area contributed by atoms with Crippen LogP contribution in [0.3, 0.4) is 0 Å². The first kappa shape index (κ1) is 14.8. The van der Waals surface area contributed by atoms with E-state index in [9.17, 15) is 0 Å². The van der Waals surface area contributed by atoms with E-state index in [0.717, 1.165) is 21.8 Å². The molecule has 1 aromatic carbocycles. The highest BCUT2D eigenvalue weighted by Gasteiger charge is 2.18. The molecule has 0 saturated heterocycles. The summed E-state index contributed by atoms with van der Waals surface area (Å²) in [5.41, 5.74) is 2.37. The van der Waals surface area contributed by atoms with Crippen LogP contribution in [-0.4, -0.2) is 17.0 Å². The molecule has 0 fully saturated rings. The van der Waals surface area contributed by atoms with Gasteiger partial charge in [-0.25, -0.2) is 9.97 Å².